The Labute approximate surface area is 148 Å². The Kier molecular flexibility index (Phi) is 8.37. The van der Waals surface area contributed by atoms with E-state index in [-0.39, 0.29) is 24.2 Å². The lowest BCUT2D eigenvalue weighted by molar-refractivity contribution is -0.122. The van der Waals surface area contributed by atoms with Gasteiger partial charge >= 0.3 is 0 Å². The normalized spacial score (nSPS) is 18.4. The van der Waals surface area contributed by atoms with Crippen LogP contribution in [0.15, 0.2) is 24.3 Å². The fourth-order valence-corrected chi connectivity index (χ4v) is 2.57. The van der Waals surface area contributed by atoms with E-state index in [1.807, 2.05) is 0 Å². The van der Waals surface area contributed by atoms with Crippen molar-refractivity contribution < 1.29 is 9.59 Å². The summed E-state index contributed by atoms with van der Waals surface area (Å²) in [7, 11) is 0. The molecule has 23 heavy (non-hydrogen) atoms. The van der Waals surface area contributed by atoms with Crippen molar-refractivity contribution in [1.29, 1.82) is 0 Å². The number of benzene rings is 1. The van der Waals surface area contributed by atoms with Gasteiger partial charge in [-0.3, -0.25) is 9.59 Å². The van der Waals surface area contributed by atoms with Gasteiger partial charge in [0.1, 0.15) is 6.04 Å². The van der Waals surface area contributed by atoms with E-state index in [2.05, 4.69) is 16.0 Å². The number of carbonyl (C=O) groups excluding carboxylic acids is 2. The summed E-state index contributed by atoms with van der Waals surface area (Å²) < 4.78 is 0. The van der Waals surface area contributed by atoms with Gasteiger partial charge in [-0.25, -0.2) is 0 Å². The van der Waals surface area contributed by atoms with Gasteiger partial charge in [0.15, 0.2) is 0 Å². The molecule has 2 amide bonds. The van der Waals surface area contributed by atoms with Gasteiger partial charge in [0.25, 0.3) is 5.91 Å². The molecule has 0 aliphatic carbocycles. The van der Waals surface area contributed by atoms with Crippen LogP contribution in [0.4, 0.5) is 0 Å². The fourth-order valence-electron chi connectivity index (χ4n) is 2.44. The first-order chi connectivity index (χ1) is 10.6. The minimum Gasteiger partial charge on any atom is -0.354 e. The van der Waals surface area contributed by atoms with Gasteiger partial charge in [0, 0.05) is 17.1 Å². The first-order valence-corrected chi connectivity index (χ1v) is 7.99. The van der Waals surface area contributed by atoms with Gasteiger partial charge < -0.3 is 16.0 Å². The molecule has 2 rings (SSSR count). The predicted molar refractivity (Wildman–Crippen MR) is 94.2 cm³/mol. The van der Waals surface area contributed by atoms with Crippen LogP contribution in [0.3, 0.4) is 0 Å². The van der Waals surface area contributed by atoms with Crippen molar-refractivity contribution in [3.63, 3.8) is 0 Å². The van der Waals surface area contributed by atoms with Crippen molar-refractivity contribution in [3.8, 4) is 0 Å². The second-order valence-electron chi connectivity index (χ2n) is 5.66. The molecule has 0 saturated carbocycles. The summed E-state index contributed by atoms with van der Waals surface area (Å²) in [6, 6.07) is 6.00. The SMILES string of the molecule is CC(NC(=O)c1ccc(Cl)cc1)C(=O)NCC1CCCNC1.Cl. The average molecular weight is 360 g/mol. The average Bonchev–Trinajstić information content (AvgIpc) is 2.54. The molecule has 1 aromatic carbocycles. The molecule has 0 bridgehead atoms. The number of nitrogens with one attached hydrogen (secondary N) is 3. The van der Waals surface area contributed by atoms with Crippen molar-refractivity contribution in [3.05, 3.63) is 34.9 Å². The van der Waals surface area contributed by atoms with Gasteiger partial charge in [-0.15, -0.1) is 12.4 Å². The molecule has 2 unspecified atom stereocenters. The molecule has 0 aromatic heterocycles. The number of hydrogen-bond donors (Lipinski definition) is 3. The molecule has 3 N–H and O–H groups in total. The molecule has 1 aliphatic heterocycles. The largest absolute Gasteiger partial charge is 0.354 e. The number of piperidine rings is 1. The van der Waals surface area contributed by atoms with E-state index in [0.717, 1.165) is 25.9 Å². The molecule has 128 valence electrons. The summed E-state index contributed by atoms with van der Waals surface area (Å²) in [5.74, 6) is 0.0309. The van der Waals surface area contributed by atoms with E-state index in [4.69, 9.17) is 11.6 Å². The zero-order chi connectivity index (χ0) is 15.9. The third-order valence-electron chi connectivity index (χ3n) is 3.81. The van der Waals surface area contributed by atoms with E-state index >= 15 is 0 Å². The maximum Gasteiger partial charge on any atom is 0.251 e. The van der Waals surface area contributed by atoms with Crippen LogP contribution in [0.1, 0.15) is 30.1 Å². The molecular formula is C16H23Cl2N3O2. The molecule has 0 radical (unpaired) electrons. The van der Waals surface area contributed by atoms with Crippen molar-refractivity contribution in [1.82, 2.24) is 16.0 Å². The summed E-state index contributed by atoms with van der Waals surface area (Å²) in [6.45, 7) is 4.32. The van der Waals surface area contributed by atoms with E-state index in [1.165, 1.54) is 0 Å². The Morgan fingerprint density at radius 1 is 1.35 bits per heavy atom. The third kappa shape index (κ3) is 6.37. The highest BCUT2D eigenvalue weighted by Crippen LogP contribution is 2.10. The molecule has 1 saturated heterocycles. The minimum absolute atomic E-state index is 0. The van der Waals surface area contributed by atoms with Crippen LogP contribution in [0.5, 0.6) is 0 Å². The Morgan fingerprint density at radius 3 is 2.65 bits per heavy atom. The standard InChI is InChI=1S/C16H22ClN3O2.ClH/c1-11(15(21)19-10-12-3-2-8-18-9-12)20-16(22)13-4-6-14(17)7-5-13;/h4-7,11-12,18H,2-3,8-10H2,1H3,(H,19,21)(H,20,22);1H. The second-order valence-corrected chi connectivity index (χ2v) is 6.10. The van der Waals surface area contributed by atoms with Gasteiger partial charge in [0.05, 0.1) is 0 Å². The van der Waals surface area contributed by atoms with Crippen molar-refractivity contribution in [2.75, 3.05) is 19.6 Å². The van der Waals surface area contributed by atoms with Crippen LogP contribution < -0.4 is 16.0 Å². The topological polar surface area (TPSA) is 70.2 Å². The lowest BCUT2D eigenvalue weighted by Crippen LogP contribution is -2.47. The quantitative estimate of drug-likeness (QED) is 0.752. The highest BCUT2D eigenvalue weighted by molar-refractivity contribution is 6.30. The van der Waals surface area contributed by atoms with Crippen molar-refractivity contribution >= 4 is 35.8 Å². The zero-order valence-electron chi connectivity index (χ0n) is 13.1. The third-order valence-corrected chi connectivity index (χ3v) is 4.06. The second kappa shape index (κ2) is 9.75. The summed E-state index contributed by atoms with van der Waals surface area (Å²) in [5, 5.41) is 9.48. The van der Waals surface area contributed by atoms with Crippen LogP contribution in [-0.4, -0.2) is 37.5 Å². The summed E-state index contributed by atoms with van der Waals surface area (Å²) in [5.41, 5.74) is 0.487. The van der Waals surface area contributed by atoms with Crippen molar-refractivity contribution in [2.24, 2.45) is 5.92 Å². The molecule has 1 heterocycles. The van der Waals surface area contributed by atoms with E-state index in [1.54, 1.807) is 31.2 Å². The lowest BCUT2D eigenvalue weighted by atomic mass is 10.00. The highest BCUT2D eigenvalue weighted by atomic mass is 35.5. The molecule has 7 heteroatoms. The van der Waals surface area contributed by atoms with E-state index in [9.17, 15) is 9.59 Å². The highest BCUT2D eigenvalue weighted by Gasteiger charge is 2.19. The van der Waals surface area contributed by atoms with Crippen LogP contribution in [-0.2, 0) is 4.79 Å². The minimum atomic E-state index is -0.570. The van der Waals surface area contributed by atoms with Crippen LogP contribution in [0.25, 0.3) is 0 Å². The van der Waals surface area contributed by atoms with Crippen molar-refractivity contribution in [2.45, 2.75) is 25.8 Å². The summed E-state index contributed by atoms with van der Waals surface area (Å²) >= 11 is 5.79. The number of halogens is 2. The number of rotatable bonds is 5. The Morgan fingerprint density at radius 2 is 2.04 bits per heavy atom. The molecule has 1 aliphatic rings. The van der Waals surface area contributed by atoms with E-state index < -0.39 is 6.04 Å². The molecule has 5 nitrogen and oxygen atoms in total. The Balaban J connectivity index is 0.00000264. The maximum absolute atomic E-state index is 12.0. The molecular weight excluding hydrogens is 337 g/mol. The summed E-state index contributed by atoms with van der Waals surface area (Å²) in [6.07, 6.45) is 2.27. The molecule has 1 aromatic rings. The smallest absolute Gasteiger partial charge is 0.251 e. The lowest BCUT2D eigenvalue weighted by Gasteiger charge is -2.23. The predicted octanol–water partition coefficient (Wildman–Crippen LogP) is 2.00. The first-order valence-electron chi connectivity index (χ1n) is 7.61. The number of hydrogen-bond acceptors (Lipinski definition) is 3. The van der Waals surface area contributed by atoms with Crippen LogP contribution in [0, 0.1) is 5.92 Å². The zero-order valence-corrected chi connectivity index (χ0v) is 14.7. The first kappa shape index (κ1) is 19.7. The van der Waals surface area contributed by atoms with E-state index in [0.29, 0.717) is 23.0 Å². The van der Waals surface area contributed by atoms with Gasteiger partial charge in [-0.2, -0.15) is 0 Å². The number of carbonyl (C=O) groups is 2. The monoisotopic (exact) mass is 359 g/mol. The Hall–Kier alpha value is -1.30. The molecule has 1 fully saturated rings. The molecule has 2 atom stereocenters. The van der Waals surface area contributed by atoms with Gasteiger partial charge in [-0.05, 0) is 63.0 Å². The maximum atomic E-state index is 12.0. The number of amides is 2. The van der Waals surface area contributed by atoms with Crippen LogP contribution >= 0.6 is 24.0 Å². The van der Waals surface area contributed by atoms with Gasteiger partial charge in [0.2, 0.25) is 5.91 Å². The summed E-state index contributed by atoms with van der Waals surface area (Å²) in [4.78, 5) is 24.1. The molecule has 0 spiro atoms. The fraction of sp³-hybridized carbons (Fsp3) is 0.500. The van der Waals surface area contributed by atoms with Crippen LogP contribution in [0.2, 0.25) is 5.02 Å². The van der Waals surface area contributed by atoms with Gasteiger partial charge in [-0.1, -0.05) is 11.6 Å². The Bertz CT molecular complexity index is 517.